The Bertz CT molecular complexity index is 992. The Morgan fingerprint density at radius 1 is 1.27 bits per heavy atom. The maximum atomic E-state index is 13.1. The maximum Gasteiger partial charge on any atom is 0.261 e. The Morgan fingerprint density at radius 2 is 1.93 bits per heavy atom. The summed E-state index contributed by atoms with van der Waals surface area (Å²) in [5, 5.41) is 6.16. The molecule has 1 aromatic carbocycles. The van der Waals surface area contributed by atoms with Crippen LogP contribution in [0.2, 0.25) is 0 Å². The fourth-order valence-electron chi connectivity index (χ4n) is 3.04. The van der Waals surface area contributed by atoms with Crippen molar-refractivity contribution in [2.24, 2.45) is 0 Å². The lowest BCUT2D eigenvalue weighted by molar-refractivity contribution is 0.0939. The van der Waals surface area contributed by atoms with Gasteiger partial charge in [-0.3, -0.25) is 9.52 Å². The molecule has 0 radical (unpaired) electrons. The summed E-state index contributed by atoms with van der Waals surface area (Å²) >= 11 is 0. The molecule has 0 aliphatic carbocycles. The molecule has 3 N–H and O–H groups in total. The van der Waals surface area contributed by atoms with Crippen molar-refractivity contribution >= 4 is 27.4 Å². The standard InChI is InChI=1S/C20H26FN5O3S/c1-3-14(2)24-20(27)18-12-16(13-23-19(18)26-10-8-22-9-11-26)25-30(28,29)17-6-4-15(21)5-7-17/h4-7,12-14,22,25H,3,8-11H2,1-2H3,(H,24,27). The number of pyridine rings is 1. The van der Waals surface area contributed by atoms with Crippen LogP contribution in [-0.2, 0) is 10.0 Å². The van der Waals surface area contributed by atoms with Gasteiger partial charge in [-0.1, -0.05) is 6.92 Å². The van der Waals surface area contributed by atoms with Gasteiger partial charge in [-0.05, 0) is 43.7 Å². The molecule has 162 valence electrons. The summed E-state index contributed by atoms with van der Waals surface area (Å²) in [5.74, 6) is -0.324. The van der Waals surface area contributed by atoms with Gasteiger partial charge in [0.1, 0.15) is 11.6 Å². The van der Waals surface area contributed by atoms with E-state index in [1.165, 1.54) is 24.4 Å². The minimum atomic E-state index is -3.95. The number of hydrogen-bond donors (Lipinski definition) is 3. The number of piperazine rings is 1. The average Bonchev–Trinajstić information content (AvgIpc) is 2.74. The highest BCUT2D eigenvalue weighted by Crippen LogP contribution is 2.24. The van der Waals surface area contributed by atoms with Crippen molar-refractivity contribution in [1.82, 2.24) is 15.6 Å². The Labute approximate surface area is 175 Å². The maximum absolute atomic E-state index is 13.1. The van der Waals surface area contributed by atoms with E-state index in [1.807, 2.05) is 18.7 Å². The van der Waals surface area contributed by atoms with Crippen LogP contribution in [0.4, 0.5) is 15.9 Å². The van der Waals surface area contributed by atoms with Crippen molar-refractivity contribution < 1.29 is 17.6 Å². The van der Waals surface area contributed by atoms with E-state index in [4.69, 9.17) is 0 Å². The first-order valence-electron chi connectivity index (χ1n) is 9.85. The third-order valence-electron chi connectivity index (χ3n) is 4.89. The summed E-state index contributed by atoms with van der Waals surface area (Å²) in [7, 11) is -3.95. The van der Waals surface area contributed by atoms with Crippen molar-refractivity contribution in [2.45, 2.75) is 31.2 Å². The van der Waals surface area contributed by atoms with Crippen molar-refractivity contribution in [3.05, 3.63) is 47.9 Å². The average molecular weight is 436 g/mol. The summed E-state index contributed by atoms with van der Waals surface area (Å²) in [6, 6.07) is 5.96. The van der Waals surface area contributed by atoms with Gasteiger partial charge in [0.25, 0.3) is 15.9 Å². The van der Waals surface area contributed by atoms with E-state index < -0.39 is 15.8 Å². The molecule has 1 atom stereocenters. The predicted octanol–water partition coefficient (Wildman–Crippen LogP) is 1.96. The minimum absolute atomic E-state index is 0.0343. The highest BCUT2D eigenvalue weighted by molar-refractivity contribution is 7.92. The highest BCUT2D eigenvalue weighted by atomic mass is 32.2. The fourth-order valence-corrected chi connectivity index (χ4v) is 4.07. The zero-order chi connectivity index (χ0) is 21.7. The number of rotatable bonds is 7. The van der Waals surface area contributed by atoms with Gasteiger partial charge < -0.3 is 15.5 Å². The molecule has 2 aromatic rings. The normalized spacial score (nSPS) is 15.5. The quantitative estimate of drug-likeness (QED) is 0.614. The molecule has 1 aromatic heterocycles. The van der Waals surface area contributed by atoms with Crippen LogP contribution in [0.15, 0.2) is 41.4 Å². The molecule has 0 bridgehead atoms. The van der Waals surface area contributed by atoms with Gasteiger partial charge in [-0.25, -0.2) is 17.8 Å². The fraction of sp³-hybridized carbons (Fsp3) is 0.400. The molecule has 1 unspecified atom stereocenters. The molecule has 0 spiro atoms. The zero-order valence-electron chi connectivity index (χ0n) is 17.0. The number of halogens is 1. The number of nitrogens with one attached hydrogen (secondary N) is 3. The van der Waals surface area contributed by atoms with Crippen molar-refractivity contribution in [1.29, 1.82) is 0 Å². The highest BCUT2D eigenvalue weighted by Gasteiger charge is 2.23. The van der Waals surface area contributed by atoms with Crippen LogP contribution in [0.1, 0.15) is 30.6 Å². The largest absolute Gasteiger partial charge is 0.353 e. The third-order valence-corrected chi connectivity index (χ3v) is 6.29. The number of carbonyl (C=O) groups is 1. The van der Waals surface area contributed by atoms with E-state index in [1.54, 1.807) is 0 Å². The number of carbonyl (C=O) groups excluding carboxylic acids is 1. The molecule has 0 saturated carbocycles. The second-order valence-corrected chi connectivity index (χ2v) is 8.86. The number of anilines is 2. The number of hydrogen-bond acceptors (Lipinski definition) is 6. The molecule has 8 nitrogen and oxygen atoms in total. The SMILES string of the molecule is CCC(C)NC(=O)c1cc(NS(=O)(=O)c2ccc(F)cc2)cnc1N1CCNCC1. The van der Waals surface area contributed by atoms with Crippen LogP contribution >= 0.6 is 0 Å². The van der Waals surface area contributed by atoms with E-state index in [0.717, 1.165) is 31.6 Å². The molecule has 30 heavy (non-hydrogen) atoms. The van der Waals surface area contributed by atoms with Crippen LogP contribution in [-0.4, -0.2) is 51.5 Å². The lowest BCUT2D eigenvalue weighted by atomic mass is 10.1. The third kappa shape index (κ3) is 5.25. The summed E-state index contributed by atoms with van der Waals surface area (Å²) in [4.78, 5) is 19.2. The summed E-state index contributed by atoms with van der Waals surface area (Å²) < 4.78 is 40.8. The molecule has 10 heteroatoms. The van der Waals surface area contributed by atoms with Crippen LogP contribution in [0.25, 0.3) is 0 Å². The van der Waals surface area contributed by atoms with Crippen molar-refractivity contribution in [3.63, 3.8) is 0 Å². The van der Waals surface area contributed by atoms with E-state index in [-0.39, 0.29) is 22.5 Å². The smallest absolute Gasteiger partial charge is 0.261 e. The Kier molecular flexibility index (Phi) is 6.88. The molecule has 1 amide bonds. The zero-order valence-corrected chi connectivity index (χ0v) is 17.8. The van der Waals surface area contributed by atoms with Crippen LogP contribution < -0.4 is 20.3 Å². The van der Waals surface area contributed by atoms with E-state index in [0.29, 0.717) is 24.5 Å². The lowest BCUT2D eigenvalue weighted by Crippen LogP contribution is -2.45. The number of benzene rings is 1. The van der Waals surface area contributed by atoms with Gasteiger partial charge in [0.05, 0.1) is 22.3 Å². The van der Waals surface area contributed by atoms with Gasteiger partial charge in [0, 0.05) is 32.2 Å². The first-order valence-corrected chi connectivity index (χ1v) is 11.3. The number of amides is 1. The van der Waals surface area contributed by atoms with E-state index >= 15 is 0 Å². The molecule has 1 saturated heterocycles. The molecule has 2 heterocycles. The second-order valence-electron chi connectivity index (χ2n) is 7.17. The summed E-state index contributed by atoms with van der Waals surface area (Å²) in [5.41, 5.74) is 0.462. The lowest BCUT2D eigenvalue weighted by Gasteiger charge is -2.30. The molecule has 1 aliphatic heterocycles. The van der Waals surface area contributed by atoms with Crippen LogP contribution in [0, 0.1) is 5.82 Å². The molecular weight excluding hydrogens is 409 g/mol. The molecule has 3 rings (SSSR count). The van der Waals surface area contributed by atoms with E-state index in [9.17, 15) is 17.6 Å². The molecular formula is C20H26FN5O3S. The van der Waals surface area contributed by atoms with Crippen LogP contribution in [0.3, 0.4) is 0 Å². The monoisotopic (exact) mass is 435 g/mol. The molecule has 1 fully saturated rings. The van der Waals surface area contributed by atoms with Crippen LogP contribution in [0.5, 0.6) is 0 Å². The van der Waals surface area contributed by atoms with Gasteiger partial charge in [-0.15, -0.1) is 0 Å². The topological polar surface area (TPSA) is 103 Å². The molecule has 1 aliphatic rings. The van der Waals surface area contributed by atoms with Gasteiger partial charge in [0.15, 0.2) is 0 Å². The number of sulfonamides is 1. The number of nitrogens with zero attached hydrogens (tertiary/aromatic N) is 2. The van der Waals surface area contributed by atoms with Gasteiger partial charge in [0.2, 0.25) is 0 Å². The van der Waals surface area contributed by atoms with Crippen molar-refractivity contribution in [3.8, 4) is 0 Å². The van der Waals surface area contributed by atoms with Gasteiger partial charge >= 0.3 is 0 Å². The summed E-state index contributed by atoms with van der Waals surface area (Å²) in [6.45, 7) is 6.79. The Balaban J connectivity index is 1.92. The predicted molar refractivity (Wildman–Crippen MR) is 114 cm³/mol. The summed E-state index contributed by atoms with van der Waals surface area (Å²) in [6.07, 6.45) is 2.15. The van der Waals surface area contributed by atoms with Crippen molar-refractivity contribution in [2.75, 3.05) is 35.8 Å². The Morgan fingerprint density at radius 3 is 2.57 bits per heavy atom. The van der Waals surface area contributed by atoms with Gasteiger partial charge in [-0.2, -0.15) is 0 Å². The number of aromatic nitrogens is 1. The first kappa shape index (κ1) is 22.0. The Hall–Kier alpha value is -2.72. The minimum Gasteiger partial charge on any atom is -0.353 e. The second kappa shape index (κ2) is 9.40. The first-order chi connectivity index (χ1) is 14.3. The van der Waals surface area contributed by atoms with E-state index in [2.05, 4.69) is 20.3 Å².